The Kier molecular flexibility index (Phi) is 5.78. The monoisotopic (exact) mass is 393 g/mol. The number of aliphatic hydroxyl groups is 1. The zero-order chi connectivity index (χ0) is 21.3. The second kappa shape index (κ2) is 8.11. The van der Waals surface area contributed by atoms with Crippen molar-refractivity contribution in [1.29, 1.82) is 0 Å². The third kappa shape index (κ3) is 4.04. The summed E-state index contributed by atoms with van der Waals surface area (Å²) in [4.78, 5) is 27.4. The van der Waals surface area contributed by atoms with Gasteiger partial charge >= 0.3 is 0 Å². The highest BCUT2D eigenvalue weighted by atomic mass is 16.3. The number of hydrogen-bond acceptors (Lipinski definition) is 4. The van der Waals surface area contributed by atoms with Crippen molar-refractivity contribution in [1.82, 2.24) is 0 Å². The molecule has 0 radical (unpaired) electrons. The van der Waals surface area contributed by atoms with Gasteiger partial charge in [0.25, 0.3) is 5.91 Å². The molecule has 1 atom stereocenters. The molecule has 3 rings (SSSR count). The van der Waals surface area contributed by atoms with Crippen LogP contribution in [-0.4, -0.2) is 21.9 Å². The summed E-state index contributed by atoms with van der Waals surface area (Å²) < 4.78 is 0. The minimum absolute atomic E-state index is 0.0918. The normalized spacial score (nSPS) is 17.0. The molecule has 1 heterocycles. The number of hydrogen-bond donors (Lipinski definition) is 2. The molecule has 0 saturated carbocycles. The number of nitrogens with zero attached hydrogens (tertiary/aromatic N) is 1. The van der Waals surface area contributed by atoms with Crippen LogP contribution >= 0.6 is 0 Å². The van der Waals surface area contributed by atoms with E-state index >= 15 is 0 Å². The maximum absolute atomic E-state index is 13.0. The van der Waals surface area contributed by atoms with Crippen LogP contribution in [0.25, 0.3) is 0 Å². The smallest absolute Gasteiger partial charge is 0.294 e. The van der Waals surface area contributed by atoms with Crippen molar-refractivity contribution in [2.24, 2.45) is 5.92 Å². The molecular formula is C24H27NO4. The summed E-state index contributed by atoms with van der Waals surface area (Å²) >= 11 is 0. The molecule has 5 heteroatoms. The second-order valence-electron chi connectivity index (χ2n) is 8.20. The highest BCUT2D eigenvalue weighted by molar-refractivity contribution is 6.16. The lowest BCUT2D eigenvalue weighted by Gasteiger charge is -2.27. The first-order valence-electron chi connectivity index (χ1n) is 9.89. The van der Waals surface area contributed by atoms with Crippen LogP contribution in [-0.2, 0) is 9.59 Å². The van der Waals surface area contributed by atoms with E-state index in [0.717, 1.165) is 5.56 Å². The number of carbonyl (C=O) groups is 2. The highest BCUT2D eigenvalue weighted by Gasteiger charge is 2.44. The van der Waals surface area contributed by atoms with E-state index in [2.05, 4.69) is 13.8 Å². The predicted octanol–water partition coefficient (Wildman–Crippen LogP) is 5.03. The van der Waals surface area contributed by atoms with Crippen molar-refractivity contribution in [2.75, 3.05) is 4.90 Å². The van der Waals surface area contributed by atoms with E-state index in [1.165, 1.54) is 17.0 Å². The molecule has 2 aromatic rings. The lowest BCUT2D eigenvalue weighted by Crippen LogP contribution is -2.31. The van der Waals surface area contributed by atoms with E-state index < -0.39 is 17.7 Å². The van der Waals surface area contributed by atoms with Crippen molar-refractivity contribution >= 4 is 17.4 Å². The molecule has 1 amide bonds. The van der Waals surface area contributed by atoms with Gasteiger partial charge in [-0.25, -0.2) is 0 Å². The number of aromatic hydroxyl groups is 1. The van der Waals surface area contributed by atoms with E-state index in [4.69, 9.17) is 0 Å². The number of aliphatic hydroxyl groups excluding tert-OH is 1. The number of carbonyl (C=O) groups excluding carboxylic acids is 2. The van der Waals surface area contributed by atoms with Crippen molar-refractivity contribution in [2.45, 2.75) is 46.1 Å². The zero-order valence-corrected chi connectivity index (χ0v) is 17.2. The summed E-state index contributed by atoms with van der Waals surface area (Å²) in [7, 11) is 0. The standard InChI is InChI=1S/C24H27NO4/c1-14(2)13-20(27)21-22(17-7-11-19(26)12-8-17)25(24(29)23(21)28)18-9-5-16(6-10-18)15(3)4/h5-12,14-15,22,26,28H,13H2,1-4H3. The van der Waals surface area contributed by atoms with Gasteiger partial charge in [-0.1, -0.05) is 52.0 Å². The van der Waals surface area contributed by atoms with Crippen LogP contribution < -0.4 is 4.90 Å². The number of rotatable bonds is 6. The summed E-state index contributed by atoms with van der Waals surface area (Å²) in [6.07, 6.45) is 0.237. The van der Waals surface area contributed by atoms with Gasteiger partial charge in [-0.05, 0) is 47.2 Å². The van der Waals surface area contributed by atoms with Crippen LogP contribution in [0.5, 0.6) is 5.75 Å². The van der Waals surface area contributed by atoms with E-state index in [0.29, 0.717) is 17.2 Å². The van der Waals surface area contributed by atoms with Crippen LogP contribution in [0, 0.1) is 5.92 Å². The molecule has 152 valence electrons. The Morgan fingerprint density at radius 2 is 1.55 bits per heavy atom. The van der Waals surface area contributed by atoms with Crippen molar-refractivity contribution < 1.29 is 19.8 Å². The fraction of sp³-hybridized carbons (Fsp3) is 0.333. The third-order valence-corrected chi connectivity index (χ3v) is 5.15. The SMILES string of the molecule is CC(C)CC(=O)C1=C(O)C(=O)N(c2ccc(C(C)C)cc2)C1c1ccc(O)cc1. The van der Waals surface area contributed by atoms with Gasteiger partial charge in [-0.2, -0.15) is 0 Å². The van der Waals surface area contributed by atoms with Crippen molar-refractivity contribution in [3.8, 4) is 5.75 Å². The second-order valence-corrected chi connectivity index (χ2v) is 8.20. The average Bonchev–Trinajstić information content (AvgIpc) is 2.93. The average molecular weight is 393 g/mol. The number of phenolic OH excluding ortho intramolecular Hbond substituents is 1. The van der Waals surface area contributed by atoms with Crippen LogP contribution in [0.4, 0.5) is 5.69 Å². The van der Waals surface area contributed by atoms with E-state index in [1.807, 2.05) is 38.1 Å². The first kappa shape index (κ1) is 20.6. The predicted molar refractivity (Wildman–Crippen MR) is 113 cm³/mol. The summed E-state index contributed by atoms with van der Waals surface area (Å²) in [5, 5.41) is 20.3. The third-order valence-electron chi connectivity index (χ3n) is 5.15. The van der Waals surface area contributed by atoms with E-state index in [1.54, 1.807) is 12.1 Å². The molecule has 1 unspecified atom stereocenters. The summed E-state index contributed by atoms with van der Waals surface area (Å²) in [6, 6.07) is 13.2. The number of phenols is 1. The number of amides is 1. The van der Waals surface area contributed by atoms with Gasteiger partial charge in [-0.15, -0.1) is 0 Å². The van der Waals surface area contributed by atoms with E-state index in [9.17, 15) is 19.8 Å². The minimum Gasteiger partial charge on any atom is -0.508 e. The first-order valence-corrected chi connectivity index (χ1v) is 9.89. The molecular weight excluding hydrogens is 366 g/mol. The Labute approximate surface area is 171 Å². The molecule has 29 heavy (non-hydrogen) atoms. The molecule has 0 bridgehead atoms. The summed E-state index contributed by atoms with van der Waals surface area (Å²) in [5.41, 5.74) is 2.51. The van der Waals surface area contributed by atoms with Gasteiger partial charge in [0, 0.05) is 12.1 Å². The van der Waals surface area contributed by atoms with Crippen LogP contribution in [0.1, 0.15) is 57.2 Å². The largest absolute Gasteiger partial charge is 0.508 e. The number of benzene rings is 2. The molecule has 2 aromatic carbocycles. The van der Waals surface area contributed by atoms with Gasteiger partial charge in [0.15, 0.2) is 11.5 Å². The lowest BCUT2D eigenvalue weighted by molar-refractivity contribution is -0.118. The molecule has 1 aliphatic heterocycles. The Bertz CT molecular complexity index is 940. The molecule has 0 aliphatic carbocycles. The topological polar surface area (TPSA) is 77.8 Å². The van der Waals surface area contributed by atoms with Crippen molar-refractivity contribution in [3.05, 3.63) is 71.0 Å². The first-order chi connectivity index (χ1) is 13.7. The van der Waals surface area contributed by atoms with Crippen LogP contribution in [0.2, 0.25) is 0 Å². The molecule has 0 saturated heterocycles. The van der Waals surface area contributed by atoms with Gasteiger partial charge in [-0.3, -0.25) is 14.5 Å². The Hall–Kier alpha value is -3.08. The molecule has 0 fully saturated rings. The lowest BCUT2D eigenvalue weighted by atomic mass is 9.92. The Balaban J connectivity index is 2.10. The Morgan fingerprint density at radius 1 is 0.966 bits per heavy atom. The fourth-order valence-electron chi connectivity index (χ4n) is 3.63. The van der Waals surface area contributed by atoms with Gasteiger partial charge in [0.1, 0.15) is 5.75 Å². The summed E-state index contributed by atoms with van der Waals surface area (Å²) in [6.45, 7) is 8.02. The molecule has 1 aliphatic rings. The Morgan fingerprint density at radius 3 is 2.07 bits per heavy atom. The van der Waals surface area contributed by atoms with E-state index in [-0.39, 0.29) is 29.4 Å². The highest BCUT2D eigenvalue weighted by Crippen LogP contribution is 2.42. The maximum atomic E-state index is 13.0. The number of Topliss-reactive ketones (excluding diaryl/α,β-unsaturated/α-hetero) is 1. The maximum Gasteiger partial charge on any atom is 0.294 e. The molecule has 2 N–H and O–H groups in total. The van der Waals surface area contributed by atoms with Crippen LogP contribution in [0.15, 0.2) is 59.9 Å². The quantitative estimate of drug-likeness (QED) is 0.721. The zero-order valence-electron chi connectivity index (χ0n) is 17.2. The molecule has 5 nitrogen and oxygen atoms in total. The van der Waals surface area contributed by atoms with Crippen molar-refractivity contribution in [3.63, 3.8) is 0 Å². The number of ketones is 1. The molecule has 0 aromatic heterocycles. The summed E-state index contributed by atoms with van der Waals surface area (Å²) in [5.74, 6) is -0.799. The number of anilines is 1. The molecule has 0 spiro atoms. The van der Waals surface area contributed by atoms with Gasteiger partial charge in [0.05, 0.1) is 11.6 Å². The van der Waals surface area contributed by atoms with Gasteiger partial charge < -0.3 is 10.2 Å². The minimum atomic E-state index is -0.737. The van der Waals surface area contributed by atoms with Crippen LogP contribution in [0.3, 0.4) is 0 Å². The fourth-order valence-corrected chi connectivity index (χ4v) is 3.63. The van der Waals surface area contributed by atoms with Gasteiger partial charge in [0.2, 0.25) is 0 Å².